The first-order valence-corrected chi connectivity index (χ1v) is 9.77. The van der Waals surface area contributed by atoms with E-state index < -0.39 is 0 Å². The number of para-hydroxylation sites is 2. The lowest BCUT2D eigenvalue weighted by Crippen LogP contribution is -3.00. The van der Waals surface area contributed by atoms with E-state index in [1.807, 2.05) is 60.7 Å². The van der Waals surface area contributed by atoms with E-state index in [0.717, 1.165) is 22.4 Å². The maximum atomic E-state index is 12.5. The lowest BCUT2D eigenvalue weighted by molar-refractivity contribution is -0.684. The van der Waals surface area contributed by atoms with Crippen LogP contribution in [-0.4, -0.2) is 18.4 Å². The molecule has 0 unspecified atom stereocenters. The van der Waals surface area contributed by atoms with Gasteiger partial charge in [0.15, 0.2) is 12.4 Å². The van der Waals surface area contributed by atoms with Crippen LogP contribution in [0.3, 0.4) is 0 Å². The second-order valence-electron chi connectivity index (χ2n) is 6.94. The van der Waals surface area contributed by atoms with Crippen LogP contribution >= 0.6 is 0 Å². The molecule has 0 saturated carbocycles. The molecule has 0 aliphatic heterocycles. The van der Waals surface area contributed by atoms with Crippen molar-refractivity contribution in [3.05, 3.63) is 96.5 Å². The normalized spacial score (nSPS) is 10.3. The second-order valence-corrected chi connectivity index (χ2v) is 6.94. The SMILES string of the molecule is O=C(C[n+]1cccc(C(=O)NCCc2cc3ccccc3o2)c1)Nc1ccccc1.[Cl-]. The Morgan fingerprint density at radius 1 is 0.935 bits per heavy atom. The number of amides is 2. The Hall–Kier alpha value is -3.64. The molecular weight excluding hydrogens is 414 g/mol. The van der Waals surface area contributed by atoms with E-state index in [9.17, 15) is 9.59 Å². The number of hydrogen-bond acceptors (Lipinski definition) is 3. The zero-order valence-electron chi connectivity index (χ0n) is 16.8. The summed E-state index contributed by atoms with van der Waals surface area (Å²) in [5, 5.41) is 6.78. The number of furan rings is 1. The van der Waals surface area contributed by atoms with Crippen LogP contribution in [0.5, 0.6) is 0 Å². The maximum absolute atomic E-state index is 12.5. The van der Waals surface area contributed by atoms with Gasteiger partial charge in [-0.05, 0) is 30.3 Å². The fourth-order valence-corrected chi connectivity index (χ4v) is 3.20. The largest absolute Gasteiger partial charge is 1.00 e. The maximum Gasteiger partial charge on any atom is 0.290 e. The predicted molar refractivity (Wildman–Crippen MR) is 114 cm³/mol. The summed E-state index contributed by atoms with van der Waals surface area (Å²) < 4.78 is 7.45. The number of aromatic nitrogens is 1. The number of pyridine rings is 1. The van der Waals surface area contributed by atoms with Crippen molar-refractivity contribution in [1.29, 1.82) is 0 Å². The van der Waals surface area contributed by atoms with Gasteiger partial charge in [-0.2, -0.15) is 4.57 Å². The van der Waals surface area contributed by atoms with Crippen molar-refractivity contribution in [2.24, 2.45) is 0 Å². The van der Waals surface area contributed by atoms with Gasteiger partial charge in [-0.3, -0.25) is 9.59 Å². The minimum Gasteiger partial charge on any atom is -1.00 e. The average molecular weight is 436 g/mol. The van der Waals surface area contributed by atoms with Crippen LogP contribution in [0, 0.1) is 0 Å². The summed E-state index contributed by atoms with van der Waals surface area (Å²) in [6.45, 7) is 0.580. The highest BCUT2D eigenvalue weighted by molar-refractivity contribution is 5.93. The van der Waals surface area contributed by atoms with Crippen molar-refractivity contribution in [2.75, 3.05) is 11.9 Å². The molecule has 4 rings (SSSR count). The average Bonchev–Trinajstić information content (AvgIpc) is 3.17. The van der Waals surface area contributed by atoms with Gasteiger partial charge in [0, 0.05) is 30.1 Å². The molecule has 2 amide bonds. The third-order valence-corrected chi connectivity index (χ3v) is 4.64. The monoisotopic (exact) mass is 435 g/mol. The minimum atomic E-state index is -0.191. The summed E-state index contributed by atoms with van der Waals surface area (Å²) in [5.41, 5.74) is 2.08. The number of nitrogens with zero attached hydrogens (tertiary/aromatic N) is 1. The van der Waals surface area contributed by atoms with E-state index in [-0.39, 0.29) is 30.8 Å². The number of hydrogen-bond donors (Lipinski definition) is 2. The highest BCUT2D eigenvalue weighted by Crippen LogP contribution is 2.18. The Kier molecular flexibility index (Phi) is 7.40. The standard InChI is InChI=1S/C24H21N3O3.ClH/c28-23(26-20-9-2-1-3-10-20)17-27-14-6-8-19(16-27)24(29)25-13-12-21-15-18-7-4-5-11-22(18)30-21;/h1-11,14-16H,12-13,17H2,(H-,25,26,28,29);1H. The highest BCUT2D eigenvalue weighted by atomic mass is 35.5. The van der Waals surface area contributed by atoms with Crippen molar-refractivity contribution in [2.45, 2.75) is 13.0 Å². The highest BCUT2D eigenvalue weighted by Gasteiger charge is 2.14. The third-order valence-electron chi connectivity index (χ3n) is 4.64. The molecule has 7 heteroatoms. The Labute approximate surface area is 186 Å². The van der Waals surface area contributed by atoms with Crippen molar-refractivity contribution in [3.63, 3.8) is 0 Å². The molecule has 0 spiro atoms. The van der Waals surface area contributed by atoms with E-state index >= 15 is 0 Å². The number of nitrogens with one attached hydrogen (secondary N) is 2. The Bertz CT molecular complexity index is 1140. The van der Waals surface area contributed by atoms with Crippen LogP contribution in [-0.2, 0) is 17.8 Å². The van der Waals surface area contributed by atoms with Gasteiger partial charge in [-0.1, -0.05) is 36.4 Å². The van der Waals surface area contributed by atoms with Gasteiger partial charge in [0.05, 0.1) is 0 Å². The second kappa shape index (κ2) is 10.4. The Morgan fingerprint density at radius 2 is 1.71 bits per heavy atom. The topological polar surface area (TPSA) is 75.2 Å². The van der Waals surface area contributed by atoms with Gasteiger partial charge in [0.2, 0.25) is 6.54 Å². The summed E-state index contributed by atoms with van der Waals surface area (Å²) >= 11 is 0. The molecule has 2 aromatic carbocycles. The quantitative estimate of drug-likeness (QED) is 0.411. The molecule has 158 valence electrons. The number of carbonyl (C=O) groups excluding carboxylic acids is 2. The van der Waals surface area contributed by atoms with Crippen LogP contribution in [0.15, 0.2) is 89.6 Å². The third kappa shape index (κ3) is 5.93. The molecule has 0 atom stereocenters. The molecular formula is C24H22ClN3O3. The Balaban J connectivity index is 0.00000272. The lowest BCUT2D eigenvalue weighted by atomic mass is 10.2. The van der Waals surface area contributed by atoms with Gasteiger partial charge in [-0.25, -0.2) is 0 Å². The number of fused-ring (bicyclic) bond motifs is 1. The molecule has 0 fully saturated rings. The first kappa shape index (κ1) is 22.1. The van der Waals surface area contributed by atoms with Gasteiger partial charge in [-0.15, -0.1) is 0 Å². The zero-order valence-corrected chi connectivity index (χ0v) is 17.5. The van der Waals surface area contributed by atoms with E-state index in [4.69, 9.17) is 4.42 Å². The Morgan fingerprint density at radius 3 is 2.52 bits per heavy atom. The van der Waals surface area contributed by atoms with Crippen LogP contribution in [0.1, 0.15) is 16.1 Å². The van der Waals surface area contributed by atoms with Crippen molar-refractivity contribution < 1.29 is 31.0 Å². The molecule has 0 bridgehead atoms. The molecule has 31 heavy (non-hydrogen) atoms. The molecule has 0 aliphatic rings. The summed E-state index contributed by atoms with van der Waals surface area (Å²) in [6.07, 6.45) is 4.03. The van der Waals surface area contributed by atoms with Gasteiger partial charge >= 0.3 is 0 Å². The van der Waals surface area contributed by atoms with E-state index in [2.05, 4.69) is 10.6 Å². The molecule has 0 saturated heterocycles. The van der Waals surface area contributed by atoms with Crippen LogP contribution in [0.25, 0.3) is 11.0 Å². The first-order valence-electron chi connectivity index (χ1n) is 9.77. The fourth-order valence-electron chi connectivity index (χ4n) is 3.20. The number of anilines is 1. The zero-order chi connectivity index (χ0) is 20.8. The van der Waals surface area contributed by atoms with Gasteiger partial charge in [0.1, 0.15) is 16.9 Å². The summed E-state index contributed by atoms with van der Waals surface area (Å²) in [5.74, 6) is 0.481. The van der Waals surface area contributed by atoms with Gasteiger partial charge in [0.25, 0.3) is 11.8 Å². The molecule has 0 radical (unpaired) electrons. The molecule has 0 aliphatic carbocycles. The number of rotatable bonds is 7. The predicted octanol–water partition coefficient (Wildman–Crippen LogP) is 0.335. The summed E-state index contributed by atoms with van der Waals surface area (Å²) in [6, 6.07) is 22.6. The number of benzene rings is 2. The lowest BCUT2D eigenvalue weighted by Gasteiger charge is -2.05. The molecule has 6 nitrogen and oxygen atoms in total. The van der Waals surface area contributed by atoms with Crippen molar-refractivity contribution >= 4 is 28.5 Å². The number of carbonyl (C=O) groups is 2. The van der Waals surface area contributed by atoms with E-state index in [1.54, 1.807) is 29.1 Å². The van der Waals surface area contributed by atoms with Crippen LogP contribution in [0.2, 0.25) is 0 Å². The first-order chi connectivity index (χ1) is 14.7. The molecule has 2 N–H and O–H groups in total. The smallest absolute Gasteiger partial charge is 0.290 e. The molecule has 4 aromatic rings. The van der Waals surface area contributed by atoms with Crippen LogP contribution < -0.4 is 27.6 Å². The number of halogens is 1. The van der Waals surface area contributed by atoms with Crippen LogP contribution in [0.4, 0.5) is 5.69 Å². The van der Waals surface area contributed by atoms with E-state index in [0.29, 0.717) is 18.5 Å². The van der Waals surface area contributed by atoms with Crippen molar-refractivity contribution in [3.8, 4) is 0 Å². The van der Waals surface area contributed by atoms with Crippen molar-refractivity contribution in [1.82, 2.24) is 5.32 Å². The fraction of sp³-hybridized carbons (Fsp3) is 0.125. The summed E-state index contributed by atoms with van der Waals surface area (Å²) in [7, 11) is 0. The van der Waals surface area contributed by atoms with E-state index in [1.165, 1.54) is 0 Å². The molecule has 2 heterocycles. The molecule has 2 aromatic heterocycles. The minimum absolute atomic E-state index is 0. The summed E-state index contributed by atoms with van der Waals surface area (Å²) in [4.78, 5) is 24.7. The van der Waals surface area contributed by atoms with Gasteiger partial charge < -0.3 is 27.5 Å².